The number of aliphatic carboxylic acids is 2. The lowest BCUT2D eigenvalue weighted by atomic mass is 10.0. The van der Waals surface area contributed by atoms with E-state index in [1.807, 2.05) is 27.7 Å². The second kappa shape index (κ2) is 35.1. The van der Waals surface area contributed by atoms with Crippen LogP contribution in [0.25, 0.3) is 0 Å². The normalized spacial score (nSPS) is 22.1. The van der Waals surface area contributed by atoms with E-state index in [0.29, 0.717) is 45.1 Å². The fraction of sp³-hybridized carbons (Fsp3) is 0.472. The number of hydrogen-bond donors (Lipinski definition) is 10. The molecule has 6 aliphatic rings. The van der Waals surface area contributed by atoms with Crippen LogP contribution in [0.15, 0.2) is 122 Å². The average Bonchev–Trinajstić information content (AvgIpc) is 1.65. The number of aromatic nitrogens is 6. The third-order valence-corrected chi connectivity index (χ3v) is 18.4. The molecule has 102 heavy (non-hydrogen) atoms. The van der Waals surface area contributed by atoms with E-state index in [1.54, 1.807) is 150 Å². The standard InChI is InChI=1S/C72H92N16O14/c1-41(2)27-57(77-63(89)43(5)73-7)69(95)85-37-51-33-61(85)67(93)75-55(29-45-15-11-9-12-16-45)65(91)79-59(71(97)98)31-47-21-25-54(26-22-47)102-40-50-36-88(84-82-50)52-34-62(86(38-52)70(96)58(28-42(3)4)78-64(90)44(6)74-8)68(94)76-56(30-46-17-13-10-14-18-46)66(92)80-60(72(99)100)32-48-19-23-53(24-20-48)101-39-49-35-87(51)83-81-49/h9-26,35-36,41-44,51-52,55-62,73-74H,27-34,37-40H2,1-8H3,(H,75,93)(H,76,94)(H,77,89)(H,78,90)(H,79,91)(H,80,92)(H,97,98)(H,99,100)/t43-,44-,51-,52-,55-,56-,57-,58-,59-,60-,61-,62-/m0/s1. The fourth-order valence-electron chi connectivity index (χ4n) is 12.6. The summed E-state index contributed by atoms with van der Waals surface area (Å²) in [6.07, 6.45) is 3.11. The lowest BCUT2D eigenvalue weighted by molar-refractivity contribution is -0.143. The van der Waals surface area contributed by atoms with E-state index in [1.165, 1.54) is 19.2 Å². The topological polar surface area (TPSA) is 394 Å². The summed E-state index contributed by atoms with van der Waals surface area (Å²) in [5, 5.41) is 61.3. The molecule has 12 rings (SSSR count). The van der Waals surface area contributed by atoms with Gasteiger partial charge in [-0.2, -0.15) is 0 Å². The molecule has 8 amide bonds. The number of likely N-dealkylation sites (N-methyl/N-ethyl adjacent to an activating group) is 2. The number of carboxylic acids is 2. The van der Waals surface area contributed by atoms with Crippen molar-refractivity contribution in [2.45, 2.75) is 179 Å². The lowest BCUT2D eigenvalue weighted by Crippen LogP contribution is -2.58. The molecule has 30 heteroatoms. The number of nitrogens with one attached hydrogen (secondary N) is 8. The monoisotopic (exact) mass is 1400 g/mol. The average molecular weight is 1410 g/mol. The van der Waals surface area contributed by atoms with Gasteiger partial charge in [0.2, 0.25) is 47.3 Å². The molecule has 0 radical (unpaired) electrons. The number of nitrogens with zero attached hydrogens (tertiary/aromatic N) is 8. The summed E-state index contributed by atoms with van der Waals surface area (Å²) < 4.78 is 15.3. The molecule has 4 aromatic carbocycles. The van der Waals surface area contributed by atoms with E-state index in [-0.39, 0.29) is 89.5 Å². The van der Waals surface area contributed by atoms with E-state index in [9.17, 15) is 48.6 Å². The molecular weight excluding hydrogens is 1310 g/mol. The Balaban J connectivity index is 1.03. The molecule has 12 atom stereocenters. The lowest BCUT2D eigenvalue weighted by Gasteiger charge is -2.31. The molecule has 10 N–H and O–H groups in total. The van der Waals surface area contributed by atoms with Crippen molar-refractivity contribution in [3.8, 4) is 11.5 Å². The Hall–Kier alpha value is -10.6. The Morgan fingerprint density at radius 3 is 1.21 bits per heavy atom. The number of ether oxygens (including phenoxy) is 2. The minimum Gasteiger partial charge on any atom is -0.487 e. The minimum atomic E-state index is -1.49. The predicted molar refractivity (Wildman–Crippen MR) is 370 cm³/mol. The molecule has 0 unspecified atom stereocenters. The van der Waals surface area contributed by atoms with E-state index in [4.69, 9.17) is 9.47 Å². The summed E-state index contributed by atoms with van der Waals surface area (Å²) in [5.74, 6) is -7.18. The highest BCUT2D eigenvalue weighted by molar-refractivity contribution is 5.98. The third kappa shape index (κ3) is 20.3. The van der Waals surface area contributed by atoms with Crippen molar-refractivity contribution in [3.63, 3.8) is 0 Å². The van der Waals surface area contributed by atoms with Crippen LogP contribution in [0.4, 0.5) is 0 Å². The van der Waals surface area contributed by atoms with Gasteiger partial charge in [-0.25, -0.2) is 19.0 Å². The Kier molecular flexibility index (Phi) is 26.0. The van der Waals surface area contributed by atoms with Crippen LogP contribution in [0, 0.1) is 11.8 Å². The Morgan fingerprint density at radius 2 is 0.873 bits per heavy atom. The third-order valence-electron chi connectivity index (χ3n) is 18.4. The van der Waals surface area contributed by atoms with Crippen molar-refractivity contribution in [1.82, 2.24) is 82.3 Å². The number of hydrogen-bond acceptors (Lipinski definition) is 18. The summed E-state index contributed by atoms with van der Waals surface area (Å²) in [4.78, 5) is 145. The van der Waals surface area contributed by atoms with Crippen LogP contribution in [-0.4, -0.2) is 197 Å². The SMILES string of the molecule is CN[C@@H](C)C(=O)N[C@@H](CC(C)C)C(=O)N1C[C@@H]2C[C@H]1C(=O)N[C@@H](Cc1ccccc1)C(=O)N[C@H](C(=O)O)Cc1ccc(cc1)OCc1cn(nn1)[C@H]1C[C@@H](C(=O)N[C@@H](Cc3ccccc3)C(=O)N[C@H](C(=O)O)Cc3ccc(cc3)OCc3cn2nn3)N(C(=O)[C@H](CC(C)C)NC(=O)[C@H](C)NC)C1. The van der Waals surface area contributed by atoms with Crippen molar-refractivity contribution in [1.29, 1.82) is 0 Å². The highest BCUT2D eigenvalue weighted by Gasteiger charge is 2.47. The Labute approximate surface area is 591 Å². The number of amides is 8. The van der Waals surface area contributed by atoms with Crippen LogP contribution >= 0.6 is 0 Å². The maximum Gasteiger partial charge on any atom is 0.326 e. The van der Waals surface area contributed by atoms with Gasteiger partial charge in [0.15, 0.2) is 0 Å². The Bertz CT molecular complexity index is 3640. The van der Waals surface area contributed by atoms with Gasteiger partial charge in [0, 0.05) is 51.6 Å². The van der Waals surface area contributed by atoms with E-state index in [0.717, 1.165) is 0 Å². The summed E-state index contributed by atoms with van der Waals surface area (Å²) in [5.41, 5.74) is 2.99. The van der Waals surface area contributed by atoms with Crippen molar-refractivity contribution >= 4 is 59.2 Å². The van der Waals surface area contributed by atoms with E-state index in [2.05, 4.69) is 63.2 Å². The summed E-state index contributed by atoms with van der Waals surface area (Å²) in [6.45, 7) is 10.5. The molecule has 6 aromatic rings. The molecule has 12 bridgehead atoms. The molecule has 2 fully saturated rings. The molecule has 2 saturated heterocycles. The number of carbonyl (C=O) groups excluding carboxylic acids is 8. The van der Waals surface area contributed by atoms with Gasteiger partial charge in [0.1, 0.15) is 84.4 Å². The smallest absolute Gasteiger partial charge is 0.326 e. The Morgan fingerprint density at radius 1 is 0.510 bits per heavy atom. The molecule has 0 spiro atoms. The fourth-order valence-corrected chi connectivity index (χ4v) is 12.6. The minimum absolute atomic E-state index is 0.0174. The van der Waals surface area contributed by atoms with Gasteiger partial charge in [-0.1, -0.05) is 123 Å². The molecule has 6 aliphatic heterocycles. The molecule has 0 saturated carbocycles. The molecule has 30 nitrogen and oxygen atoms in total. The predicted octanol–water partition coefficient (Wildman–Crippen LogP) is 1.98. The van der Waals surface area contributed by atoms with Crippen molar-refractivity contribution in [2.75, 3.05) is 27.2 Å². The second-order valence-corrected chi connectivity index (χ2v) is 27.1. The number of benzene rings is 4. The van der Waals surface area contributed by atoms with Crippen LogP contribution in [0.1, 0.15) is 113 Å². The molecular formula is C72H92N16O14. The van der Waals surface area contributed by atoms with Crippen LogP contribution in [0.5, 0.6) is 11.5 Å². The highest BCUT2D eigenvalue weighted by Crippen LogP contribution is 2.32. The zero-order valence-corrected chi connectivity index (χ0v) is 58.5. The van der Waals surface area contributed by atoms with E-state index >= 15 is 9.59 Å². The van der Waals surface area contributed by atoms with Gasteiger partial charge in [0.25, 0.3) is 0 Å². The van der Waals surface area contributed by atoms with Crippen molar-refractivity contribution < 1.29 is 67.6 Å². The first kappa shape index (κ1) is 75.6. The maximum atomic E-state index is 15.0. The number of rotatable bonds is 18. The van der Waals surface area contributed by atoms with Crippen LogP contribution < -0.4 is 52.0 Å². The zero-order valence-electron chi connectivity index (χ0n) is 58.5. The largest absolute Gasteiger partial charge is 0.487 e. The molecule has 0 aliphatic carbocycles. The van der Waals surface area contributed by atoms with E-state index < -0.39 is 132 Å². The van der Waals surface area contributed by atoms with Crippen LogP contribution in [-0.2, 0) is 86.8 Å². The molecule has 8 heterocycles. The first-order chi connectivity index (χ1) is 48.8. The first-order valence-corrected chi connectivity index (χ1v) is 34.4. The van der Waals surface area contributed by atoms with Gasteiger partial charge < -0.3 is 72.0 Å². The van der Waals surface area contributed by atoms with Crippen molar-refractivity contribution in [2.24, 2.45) is 11.8 Å². The summed E-state index contributed by atoms with van der Waals surface area (Å²) in [6, 6.07) is 17.7. The second-order valence-electron chi connectivity index (χ2n) is 27.1. The number of carboxylic acid groups (broad SMARTS) is 2. The maximum absolute atomic E-state index is 15.0. The highest BCUT2D eigenvalue weighted by atomic mass is 16.5. The molecule has 2 aromatic heterocycles. The number of likely N-dealkylation sites (tertiary alicyclic amines) is 2. The van der Waals surface area contributed by atoms with Crippen LogP contribution in [0.2, 0.25) is 0 Å². The zero-order chi connectivity index (χ0) is 73.3. The summed E-state index contributed by atoms with van der Waals surface area (Å²) >= 11 is 0. The van der Waals surface area contributed by atoms with Gasteiger partial charge >= 0.3 is 11.9 Å². The van der Waals surface area contributed by atoms with Crippen LogP contribution in [0.3, 0.4) is 0 Å². The quantitative estimate of drug-likeness (QED) is 0.0588. The van der Waals surface area contributed by atoms with Gasteiger partial charge in [-0.3, -0.25) is 38.4 Å². The van der Waals surface area contributed by atoms with Gasteiger partial charge in [-0.15, -0.1) is 10.2 Å². The molecule has 544 valence electrons. The van der Waals surface area contributed by atoms with Gasteiger partial charge in [0.05, 0.1) is 36.6 Å². The first-order valence-electron chi connectivity index (χ1n) is 34.4. The van der Waals surface area contributed by atoms with Crippen molar-refractivity contribution in [3.05, 3.63) is 155 Å². The summed E-state index contributed by atoms with van der Waals surface area (Å²) in [7, 11) is 3.22. The van der Waals surface area contributed by atoms with Gasteiger partial charge in [-0.05, 0) is 99.1 Å². The number of carbonyl (C=O) groups is 10.